The number of ether oxygens (including phenoxy) is 3. The molecule has 1 saturated carbocycles. The molecule has 1 aliphatic heterocycles. The number of unbranched alkanes of at least 4 members (excludes halogenated alkanes) is 11. The number of rotatable bonds is 29. The van der Waals surface area contributed by atoms with Gasteiger partial charge in [-0.2, -0.15) is 5.26 Å². The van der Waals surface area contributed by atoms with E-state index in [-0.39, 0.29) is 56.4 Å². The van der Waals surface area contributed by atoms with Crippen molar-refractivity contribution in [2.45, 2.75) is 147 Å². The molecule has 12 heteroatoms. The predicted octanol–water partition coefficient (Wildman–Crippen LogP) is 12.7. The number of aliphatic hydroxyl groups excluding tert-OH is 2. The Bertz CT molecular complexity index is 2530. The number of nitrogens with one attached hydrogen (secondary N) is 1. The summed E-state index contributed by atoms with van der Waals surface area (Å²) in [6.45, 7) is 9.50. The lowest BCUT2D eigenvalue weighted by atomic mass is 9.55. The van der Waals surface area contributed by atoms with E-state index < -0.39 is 23.8 Å². The molecular weight excluding hydrogens is 917 g/mol. The summed E-state index contributed by atoms with van der Waals surface area (Å²) in [6.07, 6.45) is 20.1. The molecule has 2 aliphatic carbocycles. The molecule has 6 atom stereocenters. The summed E-state index contributed by atoms with van der Waals surface area (Å²) in [5, 5.41) is 39.7. The third kappa shape index (κ3) is 13.6. The molecule has 0 radical (unpaired) electrons. The number of nitriles is 1. The molecule has 4 aromatic rings. The van der Waals surface area contributed by atoms with Crippen LogP contribution in [0.3, 0.4) is 0 Å². The van der Waals surface area contributed by atoms with Gasteiger partial charge in [-0.15, -0.1) is 6.58 Å². The number of carbonyl (C=O) groups is 2. The number of allylic oxidation sites excluding steroid dienone is 1. The Balaban J connectivity index is 1.32. The second kappa shape index (κ2) is 27.9. The van der Waals surface area contributed by atoms with E-state index in [2.05, 4.69) is 49.2 Å². The average molecular weight is 995 g/mol. The van der Waals surface area contributed by atoms with Crippen molar-refractivity contribution in [3.8, 4) is 17.6 Å². The monoisotopic (exact) mass is 995 g/mol. The molecule has 0 aromatic heterocycles. The number of amides is 2. The van der Waals surface area contributed by atoms with Gasteiger partial charge in [-0.25, -0.2) is 4.79 Å². The second-order valence-corrected chi connectivity index (χ2v) is 19.9. The predicted molar refractivity (Wildman–Crippen MR) is 287 cm³/mol. The highest BCUT2D eigenvalue weighted by Gasteiger charge is 2.65. The largest absolute Gasteiger partial charge is 0.459 e. The van der Waals surface area contributed by atoms with Crippen LogP contribution in [0.2, 0.25) is 0 Å². The molecule has 12 nitrogen and oxygen atoms in total. The van der Waals surface area contributed by atoms with Gasteiger partial charge in [0.25, 0.3) is 5.91 Å². The summed E-state index contributed by atoms with van der Waals surface area (Å²) >= 11 is 0. The van der Waals surface area contributed by atoms with Gasteiger partial charge in [0.2, 0.25) is 5.79 Å². The van der Waals surface area contributed by atoms with Crippen molar-refractivity contribution in [2.75, 3.05) is 33.0 Å². The molecule has 3 aliphatic rings. The number of oxime groups is 1. The van der Waals surface area contributed by atoms with E-state index >= 15 is 4.79 Å². The maximum absolute atomic E-state index is 15.6. The Labute approximate surface area is 433 Å². The van der Waals surface area contributed by atoms with Crippen LogP contribution in [0.4, 0.5) is 4.79 Å². The van der Waals surface area contributed by atoms with Gasteiger partial charge < -0.3 is 39.5 Å². The highest BCUT2D eigenvalue weighted by molar-refractivity contribution is 6.03. The Kier molecular flexibility index (Phi) is 20.9. The molecule has 73 heavy (non-hydrogen) atoms. The smallest absolute Gasteiger partial charge is 0.412 e. The number of hydrogen-bond donors (Lipinski definition) is 3. The number of nitrogens with zero attached hydrogens (tertiary/aromatic N) is 3. The van der Waals surface area contributed by atoms with Crippen LogP contribution in [-0.4, -0.2) is 77.6 Å². The number of fused-ring (bicyclic) bond motifs is 3. The van der Waals surface area contributed by atoms with E-state index in [4.69, 9.17) is 24.2 Å². The van der Waals surface area contributed by atoms with E-state index in [0.717, 1.165) is 72.4 Å². The number of hydrogen-bond acceptors (Lipinski definition) is 10. The molecule has 1 heterocycles. The molecule has 0 saturated heterocycles. The van der Waals surface area contributed by atoms with Crippen molar-refractivity contribution in [2.24, 2.45) is 22.9 Å². The molecule has 390 valence electrons. The first kappa shape index (κ1) is 54.8. The molecule has 0 bridgehead atoms. The molecule has 1 fully saturated rings. The molecular formula is C61H78N4O8. The van der Waals surface area contributed by atoms with Crippen LogP contribution in [0.5, 0.6) is 11.5 Å². The molecule has 2 amide bonds. The number of benzene rings is 4. The second-order valence-electron chi connectivity index (χ2n) is 19.9. The minimum absolute atomic E-state index is 0.0221. The summed E-state index contributed by atoms with van der Waals surface area (Å²) in [5.74, 6) is -1.74. The Hall–Kier alpha value is -6.00. The Morgan fingerprint density at radius 3 is 2.30 bits per heavy atom. The van der Waals surface area contributed by atoms with Crippen LogP contribution >= 0.6 is 0 Å². The van der Waals surface area contributed by atoms with Crippen molar-refractivity contribution < 1.29 is 38.9 Å². The maximum Gasteiger partial charge on any atom is 0.412 e. The lowest BCUT2D eigenvalue weighted by Crippen LogP contribution is -2.70. The van der Waals surface area contributed by atoms with Gasteiger partial charge in [-0.3, -0.25) is 4.79 Å². The molecule has 0 unspecified atom stereocenters. The summed E-state index contributed by atoms with van der Waals surface area (Å²) in [5.41, 5.74) is 4.21. The molecule has 0 spiro atoms. The third-order valence-electron chi connectivity index (χ3n) is 15.1. The maximum atomic E-state index is 15.6. The van der Waals surface area contributed by atoms with E-state index in [9.17, 15) is 20.3 Å². The summed E-state index contributed by atoms with van der Waals surface area (Å²) < 4.78 is 20.8. The van der Waals surface area contributed by atoms with E-state index in [0.29, 0.717) is 54.3 Å². The quantitative estimate of drug-likeness (QED) is 0.0273. The number of aliphatic hydroxyl groups is 2. The Morgan fingerprint density at radius 2 is 1.59 bits per heavy atom. The van der Waals surface area contributed by atoms with Crippen LogP contribution in [0.25, 0.3) is 10.8 Å². The van der Waals surface area contributed by atoms with Gasteiger partial charge in [0, 0.05) is 49.8 Å². The van der Waals surface area contributed by atoms with Crippen molar-refractivity contribution in [3.63, 3.8) is 0 Å². The summed E-state index contributed by atoms with van der Waals surface area (Å²) in [6, 6.07) is 27.9. The molecule has 4 aromatic carbocycles. The van der Waals surface area contributed by atoms with Gasteiger partial charge in [-0.1, -0.05) is 137 Å². The first-order chi connectivity index (χ1) is 35.8. The van der Waals surface area contributed by atoms with Crippen LogP contribution < -0.4 is 14.8 Å². The van der Waals surface area contributed by atoms with Crippen LogP contribution in [0, 0.1) is 29.1 Å². The summed E-state index contributed by atoms with van der Waals surface area (Å²) in [7, 11) is 0. The minimum atomic E-state index is -1.52. The van der Waals surface area contributed by atoms with Gasteiger partial charge >= 0.3 is 6.09 Å². The minimum Gasteiger partial charge on any atom is -0.459 e. The highest BCUT2D eigenvalue weighted by atomic mass is 16.7. The number of carbonyl (C=O) groups excluding carboxylic acids is 2. The fourth-order valence-electron chi connectivity index (χ4n) is 11.6. The van der Waals surface area contributed by atoms with E-state index in [1.807, 2.05) is 48.2 Å². The van der Waals surface area contributed by atoms with Crippen molar-refractivity contribution >= 4 is 28.5 Å². The van der Waals surface area contributed by atoms with Gasteiger partial charge in [-0.05, 0) is 115 Å². The van der Waals surface area contributed by atoms with Gasteiger partial charge in [0.15, 0.2) is 0 Å². The van der Waals surface area contributed by atoms with E-state index in [1.54, 1.807) is 36.4 Å². The fraction of sp³-hybridized carbons (Fsp3) is 0.508. The van der Waals surface area contributed by atoms with Crippen molar-refractivity contribution in [1.29, 1.82) is 5.26 Å². The lowest BCUT2D eigenvalue weighted by Gasteiger charge is -2.60. The van der Waals surface area contributed by atoms with E-state index in [1.165, 1.54) is 44.9 Å². The van der Waals surface area contributed by atoms with Gasteiger partial charge in [0.05, 0.1) is 29.9 Å². The first-order valence-electron chi connectivity index (χ1n) is 27.2. The van der Waals surface area contributed by atoms with Crippen molar-refractivity contribution in [1.82, 2.24) is 10.2 Å². The zero-order valence-corrected chi connectivity index (χ0v) is 43.3. The van der Waals surface area contributed by atoms with Crippen LogP contribution in [-0.2, 0) is 16.1 Å². The first-order valence-corrected chi connectivity index (χ1v) is 27.2. The third-order valence-corrected chi connectivity index (χ3v) is 15.1. The average Bonchev–Trinajstić information content (AvgIpc) is 3.41. The summed E-state index contributed by atoms with van der Waals surface area (Å²) in [4.78, 5) is 36.9. The molecule has 3 N–H and O–H groups in total. The van der Waals surface area contributed by atoms with Crippen LogP contribution in [0.1, 0.15) is 156 Å². The fourth-order valence-corrected chi connectivity index (χ4v) is 11.6. The standard InChI is InChI=1S/C61H78N4O8/c1-4-7-8-9-10-11-12-13-14-19-35-63-60(69)72-49-33-34-55-53(40-49)57-51(28-18-21-37-67)47(24-17-20-36-66)39-52-54(64-71-6-3)41-56(61(73-55,58(52)57)70-38-5-2)65(59(68)46-31-29-44(42-62)30-32-46)43-48-26-22-25-45-23-15-16-27-50(45)48/h5,15-16,22-23,25-27,29-34,39-40,47,51,56-58,66-67H,2,4,6-14,17-21,24,28,35-38,41,43H2,1,3H3,(H,63,69)/t47-,51+,56-,57+,58+,61+/m0/s1. The zero-order chi connectivity index (χ0) is 51.4. The lowest BCUT2D eigenvalue weighted by molar-refractivity contribution is -0.255. The Morgan fingerprint density at radius 1 is 0.877 bits per heavy atom. The zero-order valence-electron chi connectivity index (χ0n) is 43.3. The molecule has 7 rings (SSSR count). The SMILES string of the molecule is C=CCO[C@@]12Oc3ccc(OC(=O)NCCCCCCCCCCCC)cc3[C@H]3[C@H](CCCCO)[C@@H](CCCCO)C=C(C(=NOCC)C[C@@H]1N(Cc1cccc4ccccc14)C(=O)c1ccc(C#N)cc1)[C@H]32. The van der Waals surface area contributed by atoms with Crippen LogP contribution in [0.15, 0.2) is 114 Å². The van der Waals surface area contributed by atoms with Crippen molar-refractivity contribution in [3.05, 3.63) is 131 Å². The normalized spacial score (nSPS) is 21.3. The highest BCUT2D eigenvalue weighted by Crippen LogP contribution is 2.62. The topological polar surface area (TPSA) is 163 Å². The van der Waals surface area contributed by atoms with Gasteiger partial charge in [0.1, 0.15) is 24.1 Å².